The molecule has 4 N–H and O–H groups in total. The number of rotatable bonds is 2. The van der Waals surface area contributed by atoms with Crippen LogP contribution >= 0.6 is 0 Å². The molecule has 6 heteroatoms. The van der Waals surface area contributed by atoms with E-state index in [1.165, 1.54) is 12.1 Å². The Balaban J connectivity index is 2.06. The van der Waals surface area contributed by atoms with Gasteiger partial charge in [-0.25, -0.2) is 13.6 Å². The monoisotopic (exact) mass is 315 g/mol. The van der Waals surface area contributed by atoms with E-state index in [2.05, 4.69) is 17.2 Å². The van der Waals surface area contributed by atoms with Gasteiger partial charge in [-0.3, -0.25) is 0 Å². The first-order valence-corrected chi connectivity index (χ1v) is 8.45. The maximum atomic E-state index is 11.3. The van der Waals surface area contributed by atoms with Gasteiger partial charge in [0.05, 0.1) is 16.3 Å². The molecule has 1 aliphatic heterocycles. The van der Waals surface area contributed by atoms with Crippen molar-refractivity contribution in [2.75, 3.05) is 17.2 Å². The molecule has 1 heterocycles. The molecule has 2 aromatic rings. The standard InChI is InChI=1S/C16H17N3O2S/c1-11-9-10-18-16-14(3-2-4-15(16)19-11)12-5-7-13(8-6-12)22(17,20)21/h2-8,18-19H,1,9-10H2,(H2,17,20,21). The van der Waals surface area contributed by atoms with E-state index >= 15 is 0 Å². The smallest absolute Gasteiger partial charge is 0.238 e. The number of sulfonamides is 1. The van der Waals surface area contributed by atoms with Crippen molar-refractivity contribution in [1.82, 2.24) is 0 Å². The zero-order valence-corrected chi connectivity index (χ0v) is 12.8. The third-order valence-electron chi connectivity index (χ3n) is 3.60. The van der Waals surface area contributed by atoms with E-state index in [-0.39, 0.29) is 4.90 Å². The van der Waals surface area contributed by atoms with Gasteiger partial charge in [0.15, 0.2) is 0 Å². The number of anilines is 2. The molecule has 0 saturated carbocycles. The summed E-state index contributed by atoms with van der Waals surface area (Å²) in [5, 5.41) is 11.8. The minimum Gasteiger partial charge on any atom is -0.382 e. The quantitative estimate of drug-likeness (QED) is 0.795. The number of primary sulfonamides is 1. The van der Waals surface area contributed by atoms with Crippen molar-refractivity contribution >= 4 is 21.4 Å². The second kappa shape index (κ2) is 5.47. The molecular weight excluding hydrogens is 298 g/mol. The lowest BCUT2D eigenvalue weighted by Gasteiger charge is -2.14. The average Bonchev–Trinajstić information content (AvgIpc) is 2.66. The average molecular weight is 315 g/mol. The van der Waals surface area contributed by atoms with Crippen molar-refractivity contribution in [3.8, 4) is 11.1 Å². The van der Waals surface area contributed by atoms with E-state index in [0.29, 0.717) is 0 Å². The largest absolute Gasteiger partial charge is 0.382 e. The van der Waals surface area contributed by atoms with E-state index < -0.39 is 10.0 Å². The van der Waals surface area contributed by atoms with Gasteiger partial charge in [-0.2, -0.15) is 0 Å². The highest BCUT2D eigenvalue weighted by Crippen LogP contribution is 2.36. The van der Waals surface area contributed by atoms with Gasteiger partial charge in [0.1, 0.15) is 0 Å². The van der Waals surface area contributed by atoms with Crippen LogP contribution in [0.4, 0.5) is 11.4 Å². The van der Waals surface area contributed by atoms with E-state index in [9.17, 15) is 8.42 Å². The maximum absolute atomic E-state index is 11.3. The van der Waals surface area contributed by atoms with Crippen molar-refractivity contribution < 1.29 is 8.42 Å². The third-order valence-corrected chi connectivity index (χ3v) is 4.53. The molecule has 0 atom stereocenters. The minimum absolute atomic E-state index is 0.109. The molecule has 0 amide bonds. The van der Waals surface area contributed by atoms with Crippen LogP contribution in [0.25, 0.3) is 11.1 Å². The minimum atomic E-state index is -3.67. The van der Waals surface area contributed by atoms with Crippen molar-refractivity contribution in [1.29, 1.82) is 0 Å². The number of hydrogen-bond donors (Lipinski definition) is 3. The lowest BCUT2D eigenvalue weighted by atomic mass is 10.0. The maximum Gasteiger partial charge on any atom is 0.238 e. The van der Waals surface area contributed by atoms with Gasteiger partial charge in [0.2, 0.25) is 10.0 Å². The van der Waals surface area contributed by atoms with Crippen LogP contribution in [0.5, 0.6) is 0 Å². The van der Waals surface area contributed by atoms with Gasteiger partial charge in [0, 0.05) is 24.2 Å². The summed E-state index contributed by atoms with van der Waals surface area (Å²) >= 11 is 0. The first kappa shape index (κ1) is 14.6. The highest BCUT2D eigenvalue weighted by atomic mass is 32.2. The molecule has 2 aromatic carbocycles. The number of para-hydroxylation sites is 1. The second-order valence-corrected chi connectivity index (χ2v) is 6.76. The van der Waals surface area contributed by atoms with E-state index in [4.69, 9.17) is 5.14 Å². The molecule has 0 aromatic heterocycles. The third kappa shape index (κ3) is 2.84. The topological polar surface area (TPSA) is 84.2 Å². The molecule has 0 aliphatic carbocycles. The summed E-state index contributed by atoms with van der Waals surface area (Å²) in [6.45, 7) is 4.78. The van der Waals surface area contributed by atoms with E-state index in [1.807, 2.05) is 18.2 Å². The van der Waals surface area contributed by atoms with Crippen molar-refractivity contribution in [2.45, 2.75) is 11.3 Å². The van der Waals surface area contributed by atoms with Crippen molar-refractivity contribution in [3.05, 3.63) is 54.7 Å². The SMILES string of the molecule is C=C1CCNc2c(cccc2-c2ccc(S(N)(=O)=O)cc2)N1. The van der Waals surface area contributed by atoms with E-state index in [1.54, 1.807) is 12.1 Å². The molecule has 0 unspecified atom stereocenters. The molecule has 3 rings (SSSR count). The van der Waals surface area contributed by atoms with Crippen LogP contribution in [0.3, 0.4) is 0 Å². The Labute approximate surface area is 129 Å². The van der Waals surface area contributed by atoms with Crippen LogP contribution in [0, 0.1) is 0 Å². The van der Waals surface area contributed by atoms with Crippen LogP contribution in [0.15, 0.2) is 59.6 Å². The van der Waals surface area contributed by atoms with Crippen LogP contribution in [0.2, 0.25) is 0 Å². The molecule has 5 nitrogen and oxygen atoms in total. The summed E-state index contributed by atoms with van der Waals surface area (Å²) in [5.74, 6) is 0. The number of nitrogens with one attached hydrogen (secondary N) is 2. The molecule has 0 radical (unpaired) electrons. The number of hydrogen-bond acceptors (Lipinski definition) is 4. The fourth-order valence-electron chi connectivity index (χ4n) is 2.50. The predicted octanol–water partition coefficient (Wildman–Crippen LogP) is 2.74. The van der Waals surface area contributed by atoms with Crippen LogP contribution in [-0.2, 0) is 10.0 Å². The van der Waals surface area contributed by atoms with Gasteiger partial charge in [-0.05, 0) is 23.8 Å². The number of fused-ring (bicyclic) bond motifs is 1. The fourth-order valence-corrected chi connectivity index (χ4v) is 3.02. The highest BCUT2D eigenvalue weighted by Gasteiger charge is 2.14. The normalized spacial score (nSPS) is 14.5. The molecule has 22 heavy (non-hydrogen) atoms. The number of nitrogens with two attached hydrogens (primary N) is 1. The first-order valence-electron chi connectivity index (χ1n) is 6.90. The first-order chi connectivity index (χ1) is 10.4. The zero-order valence-electron chi connectivity index (χ0n) is 12.0. The van der Waals surface area contributed by atoms with Crippen molar-refractivity contribution in [3.63, 3.8) is 0 Å². The molecule has 0 fully saturated rings. The molecule has 0 spiro atoms. The Morgan fingerprint density at radius 3 is 2.50 bits per heavy atom. The van der Waals surface area contributed by atoms with Crippen LogP contribution in [0.1, 0.15) is 6.42 Å². The van der Waals surface area contributed by atoms with Gasteiger partial charge in [-0.1, -0.05) is 30.8 Å². The zero-order chi connectivity index (χ0) is 15.7. The fraction of sp³-hybridized carbons (Fsp3) is 0.125. The molecular formula is C16H17N3O2S. The Bertz CT molecular complexity index is 827. The summed E-state index contributed by atoms with van der Waals surface area (Å²) in [4.78, 5) is 0.109. The Kier molecular flexibility index (Phi) is 3.64. The van der Waals surface area contributed by atoms with Crippen LogP contribution in [-0.4, -0.2) is 15.0 Å². The molecule has 1 aliphatic rings. The highest BCUT2D eigenvalue weighted by molar-refractivity contribution is 7.89. The second-order valence-electron chi connectivity index (χ2n) is 5.20. The Morgan fingerprint density at radius 1 is 1.09 bits per heavy atom. The number of benzene rings is 2. The Morgan fingerprint density at radius 2 is 1.82 bits per heavy atom. The molecule has 0 saturated heterocycles. The summed E-state index contributed by atoms with van der Waals surface area (Å²) in [7, 11) is -3.67. The van der Waals surface area contributed by atoms with Gasteiger partial charge in [-0.15, -0.1) is 0 Å². The Hall–Kier alpha value is -2.31. The van der Waals surface area contributed by atoms with Gasteiger partial charge < -0.3 is 10.6 Å². The predicted molar refractivity (Wildman–Crippen MR) is 89.1 cm³/mol. The lowest BCUT2D eigenvalue weighted by Crippen LogP contribution is -2.11. The summed E-state index contributed by atoms with van der Waals surface area (Å²) < 4.78 is 22.7. The summed E-state index contributed by atoms with van der Waals surface area (Å²) in [6.07, 6.45) is 0.846. The van der Waals surface area contributed by atoms with Gasteiger partial charge in [0.25, 0.3) is 0 Å². The summed E-state index contributed by atoms with van der Waals surface area (Å²) in [5.41, 5.74) is 4.85. The molecule has 0 bridgehead atoms. The van der Waals surface area contributed by atoms with Crippen LogP contribution < -0.4 is 15.8 Å². The summed E-state index contributed by atoms with van der Waals surface area (Å²) in [6, 6.07) is 12.5. The van der Waals surface area contributed by atoms with E-state index in [0.717, 1.165) is 41.2 Å². The lowest BCUT2D eigenvalue weighted by molar-refractivity contribution is 0.598. The van der Waals surface area contributed by atoms with Gasteiger partial charge >= 0.3 is 0 Å². The molecule has 114 valence electrons. The van der Waals surface area contributed by atoms with Crippen molar-refractivity contribution in [2.24, 2.45) is 5.14 Å².